The largest absolute Gasteiger partial charge is 0.455 e. The van der Waals surface area contributed by atoms with Crippen LogP contribution in [-0.4, -0.2) is 39.8 Å². The highest BCUT2D eigenvalue weighted by Gasteiger charge is 2.59. The van der Waals surface area contributed by atoms with Gasteiger partial charge in [-0.15, -0.1) is 0 Å². The number of allylic oxidation sites excluding steroid dienone is 4. The summed E-state index contributed by atoms with van der Waals surface area (Å²) in [5.74, 6) is 0.101. The van der Waals surface area contributed by atoms with Crippen molar-refractivity contribution in [3.8, 4) is 0 Å². The minimum Gasteiger partial charge on any atom is -0.455 e. The lowest BCUT2D eigenvalue weighted by molar-refractivity contribution is -0.168. The molecule has 4 aliphatic rings. The number of esters is 1. The summed E-state index contributed by atoms with van der Waals surface area (Å²) in [4.78, 5) is 24.9. The lowest BCUT2D eigenvalue weighted by Crippen LogP contribution is -2.53. The van der Waals surface area contributed by atoms with Crippen LogP contribution in [-0.2, 0) is 14.3 Å². The molecule has 8 atom stereocenters. The average molecular weight is 443 g/mol. The second kappa shape index (κ2) is 8.57. The van der Waals surface area contributed by atoms with Gasteiger partial charge in [0.2, 0.25) is 0 Å². The number of carbonyl (C=O) groups is 2. The molecule has 176 valence electrons. The van der Waals surface area contributed by atoms with Crippen LogP contribution in [0.25, 0.3) is 0 Å². The van der Waals surface area contributed by atoms with E-state index in [0.29, 0.717) is 12.8 Å². The van der Waals surface area contributed by atoms with Crippen LogP contribution in [0.5, 0.6) is 0 Å². The Hall–Kier alpha value is -1.72. The second-order valence-electron chi connectivity index (χ2n) is 10.9. The topological polar surface area (TPSA) is 83.8 Å². The molecule has 2 bridgehead atoms. The molecule has 4 aliphatic carbocycles. The monoisotopic (exact) mass is 442 g/mol. The lowest BCUT2D eigenvalue weighted by Gasteiger charge is -2.50. The fraction of sp³-hybridized carbons (Fsp3) is 0.704. The predicted octanol–water partition coefficient (Wildman–Crippen LogP) is 4.28. The van der Waals surface area contributed by atoms with E-state index in [4.69, 9.17) is 4.74 Å². The van der Waals surface area contributed by atoms with E-state index >= 15 is 0 Å². The summed E-state index contributed by atoms with van der Waals surface area (Å²) in [7, 11) is 0. The normalized spacial score (nSPS) is 39.7. The van der Waals surface area contributed by atoms with Gasteiger partial charge in [0.25, 0.3) is 0 Å². The fourth-order valence-electron chi connectivity index (χ4n) is 7.41. The van der Waals surface area contributed by atoms with E-state index in [0.717, 1.165) is 32.1 Å². The van der Waals surface area contributed by atoms with Crippen molar-refractivity contribution in [1.82, 2.24) is 0 Å². The molecule has 2 saturated carbocycles. The van der Waals surface area contributed by atoms with Crippen molar-refractivity contribution < 1.29 is 24.5 Å². The van der Waals surface area contributed by atoms with Gasteiger partial charge in [-0.2, -0.15) is 0 Å². The Morgan fingerprint density at radius 3 is 2.78 bits per heavy atom. The van der Waals surface area contributed by atoms with Crippen LogP contribution in [0.3, 0.4) is 0 Å². The molecule has 5 heteroatoms. The molecule has 2 fully saturated rings. The summed E-state index contributed by atoms with van der Waals surface area (Å²) in [6, 6.07) is 0. The molecule has 4 rings (SSSR count). The number of carbonyl (C=O) groups excluding carboxylic acids is 2. The average Bonchev–Trinajstić information content (AvgIpc) is 2.87. The van der Waals surface area contributed by atoms with Crippen LogP contribution in [0.15, 0.2) is 35.5 Å². The van der Waals surface area contributed by atoms with Crippen LogP contribution in [0, 0.1) is 29.1 Å². The third-order valence-corrected chi connectivity index (χ3v) is 8.90. The highest BCUT2D eigenvalue weighted by atomic mass is 16.6. The van der Waals surface area contributed by atoms with Gasteiger partial charge in [0.05, 0.1) is 6.10 Å². The van der Waals surface area contributed by atoms with E-state index in [-0.39, 0.29) is 34.9 Å². The van der Waals surface area contributed by atoms with E-state index in [2.05, 4.69) is 13.0 Å². The molecular formula is C27H38O5. The van der Waals surface area contributed by atoms with Gasteiger partial charge in [-0.25, -0.2) is 0 Å². The SMILES string of the molecule is C/C=C/[C@H](OC(C)=O)[C@](C)(O)[C@H]1CC[C@H]2C3=CC(=O)[C@@H]4CC(=CC[C@H](O)C4)[C@H]3CC[C@]12C. The maximum Gasteiger partial charge on any atom is 0.303 e. The van der Waals surface area contributed by atoms with Gasteiger partial charge < -0.3 is 14.9 Å². The third-order valence-electron chi connectivity index (χ3n) is 8.90. The summed E-state index contributed by atoms with van der Waals surface area (Å²) in [6.45, 7) is 7.31. The number of ketones is 1. The first kappa shape index (κ1) is 23.4. The first-order valence-corrected chi connectivity index (χ1v) is 12.2. The molecule has 0 radical (unpaired) electrons. The molecule has 5 nitrogen and oxygen atoms in total. The number of aliphatic hydroxyl groups excluding tert-OH is 1. The molecule has 32 heavy (non-hydrogen) atoms. The van der Waals surface area contributed by atoms with Crippen molar-refractivity contribution in [1.29, 1.82) is 0 Å². The maximum absolute atomic E-state index is 13.1. The summed E-state index contributed by atoms with van der Waals surface area (Å²) in [5, 5.41) is 22.0. The number of rotatable bonds is 4. The molecule has 0 spiro atoms. The number of fused-ring (bicyclic) bond motifs is 6. The number of aliphatic hydroxyl groups is 2. The predicted molar refractivity (Wildman–Crippen MR) is 123 cm³/mol. The van der Waals surface area contributed by atoms with Gasteiger partial charge in [-0.05, 0) is 88.2 Å². The molecule has 2 N–H and O–H groups in total. The van der Waals surface area contributed by atoms with Gasteiger partial charge in [-0.3, -0.25) is 9.59 Å². The molecule has 0 amide bonds. The first-order chi connectivity index (χ1) is 15.1. The molecule has 0 heterocycles. The highest BCUT2D eigenvalue weighted by molar-refractivity contribution is 5.93. The van der Waals surface area contributed by atoms with Gasteiger partial charge in [-0.1, -0.05) is 30.2 Å². The summed E-state index contributed by atoms with van der Waals surface area (Å²) in [6.07, 6.45) is 12.2. The van der Waals surface area contributed by atoms with E-state index in [9.17, 15) is 19.8 Å². The van der Waals surface area contributed by atoms with Gasteiger partial charge in [0, 0.05) is 18.8 Å². The second-order valence-corrected chi connectivity index (χ2v) is 10.9. The van der Waals surface area contributed by atoms with Crippen molar-refractivity contribution in [3.63, 3.8) is 0 Å². The van der Waals surface area contributed by atoms with Gasteiger partial charge in [0.1, 0.15) is 11.7 Å². The summed E-state index contributed by atoms with van der Waals surface area (Å²) < 4.78 is 5.54. The van der Waals surface area contributed by atoms with Crippen LogP contribution in [0.4, 0.5) is 0 Å². The van der Waals surface area contributed by atoms with Crippen molar-refractivity contribution >= 4 is 11.8 Å². The Kier molecular flexibility index (Phi) is 6.28. The Bertz CT molecular complexity index is 865. The summed E-state index contributed by atoms with van der Waals surface area (Å²) in [5.41, 5.74) is 1.20. The van der Waals surface area contributed by atoms with Crippen molar-refractivity contribution in [2.24, 2.45) is 29.1 Å². The Balaban J connectivity index is 1.68. The molecular weight excluding hydrogens is 404 g/mol. The first-order valence-electron chi connectivity index (χ1n) is 12.2. The van der Waals surface area contributed by atoms with E-state index in [1.54, 1.807) is 13.0 Å². The van der Waals surface area contributed by atoms with Crippen molar-refractivity contribution in [3.05, 3.63) is 35.5 Å². The van der Waals surface area contributed by atoms with Crippen molar-refractivity contribution in [2.45, 2.75) is 90.4 Å². The number of ether oxygens (including phenoxy) is 1. The van der Waals surface area contributed by atoms with Crippen molar-refractivity contribution in [2.75, 3.05) is 0 Å². The maximum atomic E-state index is 13.1. The number of hydrogen-bond donors (Lipinski definition) is 2. The minimum absolute atomic E-state index is 0.0429. The molecule has 0 aromatic carbocycles. The molecule has 0 unspecified atom stereocenters. The van der Waals surface area contributed by atoms with Crippen LogP contribution < -0.4 is 0 Å². The lowest BCUT2D eigenvalue weighted by atomic mass is 9.56. The highest BCUT2D eigenvalue weighted by Crippen LogP contribution is 2.63. The molecule has 0 aromatic heterocycles. The third kappa shape index (κ3) is 3.92. The Labute approximate surface area is 191 Å². The van der Waals surface area contributed by atoms with Crippen LogP contribution >= 0.6 is 0 Å². The van der Waals surface area contributed by atoms with Crippen LogP contribution in [0.2, 0.25) is 0 Å². The van der Waals surface area contributed by atoms with Crippen LogP contribution in [0.1, 0.15) is 72.6 Å². The Morgan fingerprint density at radius 1 is 1.34 bits per heavy atom. The summed E-state index contributed by atoms with van der Waals surface area (Å²) >= 11 is 0. The minimum atomic E-state index is -1.19. The quantitative estimate of drug-likeness (QED) is 0.501. The standard InChI is InChI=1S/C27H38O5/c1-5-6-25(32-16(2)28)27(4,31)24-10-9-22-21-15-23(30)18-13-17(7-8-19(29)14-18)20(21)11-12-26(22,24)3/h5-7,15,18-20,22,24-25,29,31H,8-14H2,1-4H3/b6-5+/t18-,19+,20-,22+,24+,25+,26+,27-/m1/s1. The zero-order valence-electron chi connectivity index (χ0n) is 19.8. The smallest absolute Gasteiger partial charge is 0.303 e. The van der Waals surface area contributed by atoms with E-state index < -0.39 is 23.8 Å². The fourth-order valence-corrected chi connectivity index (χ4v) is 7.41. The Morgan fingerprint density at radius 2 is 2.09 bits per heavy atom. The molecule has 0 aromatic rings. The van der Waals surface area contributed by atoms with E-state index in [1.165, 1.54) is 18.1 Å². The van der Waals surface area contributed by atoms with Gasteiger partial charge in [0.15, 0.2) is 5.78 Å². The zero-order valence-corrected chi connectivity index (χ0v) is 19.8. The number of hydrogen-bond acceptors (Lipinski definition) is 5. The van der Waals surface area contributed by atoms with Gasteiger partial charge >= 0.3 is 5.97 Å². The molecule has 0 saturated heterocycles. The van der Waals surface area contributed by atoms with E-state index in [1.807, 2.05) is 19.1 Å². The molecule has 0 aliphatic heterocycles. The zero-order chi connectivity index (χ0) is 23.3.